The Labute approximate surface area is 127 Å². The molecule has 0 bridgehead atoms. The van der Waals surface area contributed by atoms with Crippen LogP contribution in [0.5, 0.6) is 0 Å². The lowest BCUT2D eigenvalue weighted by molar-refractivity contribution is 0.422. The van der Waals surface area contributed by atoms with Gasteiger partial charge in [-0.2, -0.15) is 4.98 Å². The van der Waals surface area contributed by atoms with E-state index in [0.29, 0.717) is 34.4 Å². The predicted octanol–water partition coefficient (Wildman–Crippen LogP) is 3.76. The number of nitrogens with zero attached hydrogens (tertiary/aromatic N) is 2. The number of halogens is 1. The Morgan fingerprint density at radius 2 is 1.86 bits per heavy atom. The van der Waals surface area contributed by atoms with Gasteiger partial charge in [0, 0.05) is 17.1 Å². The molecule has 0 atom stereocenters. The van der Waals surface area contributed by atoms with Gasteiger partial charge in [0.2, 0.25) is 0 Å². The number of benzene rings is 2. The Hall–Kier alpha value is -2.33. The normalized spacial score (nSPS) is 10.7. The van der Waals surface area contributed by atoms with E-state index in [9.17, 15) is 0 Å². The molecule has 21 heavy (non-hydrogen) atoms. The molecule has 0 saturated carbocycles. The lowest BCUT2D eigenvalue weighted by atomic mass is 10.1. The molecule has 0 aliphatic carbocycles. The number of rotatable bonds is 4. The molecule has 0 amide bonds. The molecule has 0 aliphatic heterocycles. The summed E-state index contributed by atoms with van der Waals surface area (Å²) in [6.45, 7) is 0. The standard InChI is InChI=1S/C16H14ClN3O/c17-12-7-8-14(18)13(10-12)16-19-15(20-21-16)9-6-11-4-2-1-3-5-11/h1-5,7-8,10H,6,9,18H2. The first kappa shape index (κ1) is 13.6. The number of aryl methyl sites for hydroxylation is 2. The first-order valence-corrected chi connectivity index (χ1v) is 7.02. The lowest BCUT2D eigenvalue weighted by Crippen LogP contribution is -1.94. The molecule has 106 valence electrons. The van der Waals surface area contributed by atoms with Gasteiger partial charge in [-0.15, -0.1) is 0 Å². The van der Waals surface area contributed by atoms with Crippen molar-refractivity contribution >= 4 is 17.3 Å². The minimum absolute atomic E-state index is 0.401. The number of anilines is 1. The summed E-state index contributed by atoms with van der Waals surface area (Å²) in [6.07, 6.45) is 1.58. The molecule has 3 aromatic rings. The monoisotopic (exact) mass is 299 g/mol. The summed E-state index contributed by atoms with van der Waals surface area (Å²) in [5.74, 6) is 1.06. The van der Waals surface area contributed by atoms with Crippen molar-refractivity contribution in [1.29, 1.82) is 0 Å². The SMILES string of the molecule is Nc1ccc(Cl)cc1-c1nc(CCc2ccccc2)no1. The molecule has 1 aromatic heterocycles. The lowest BCUT2D eigenvalue weighted by Gasteiger charge is -2.00. The summed E-state index contributed by atoms with van der Waals surface area (Å²) in [4.78, 5) is 4.38. The Balaban J connectivity index is 1.76. The Kier molecular flexibility index (Phi) is 3.88. The van der Waals surface area contributed by atoms with Crippen molar-refractivity contribution in [3.05, 3.63) is 64.9 Å². The van der Waals surface area contributed by atoms with Crippen LogP contribution in [-0.4, -0.2) is 10.1 Å². The van der Waals surface area contributed by atoms with E-state index in [-0.39, 0.29) is 0 Å². The van der Waals surface area contributed by atoms with E-state index in [0.717, 1.165) is 6.42 Å². The molecular formula is C16H14ClN3O. The molecule has 2 N–H and O–H groups in total. The van der Waals surface area contributed by atoms with Gasteiger partial charge in [0.15, 0.2) is 5.82 Å². The van der Waals surface area contributed by atoms with E-state index in [1.54, 1.807) is 18.2 Å². The van der Waals surface area contributed by atoms with E-state index < -0.39 is 0 Å². The zero-order chi connectivity index (χ0) is 14.7. The molecule has 0 unspecified atom stereocenters. The smallest absolute Gasteiger partial charge is 0.260 e. The van der Waals surface area contributed by atoms with Crippen molar-refractivity contribution in [2.75, 3.05) is 5.73 Å². The summed E-state index contributed by atoms with van der Waals surface area (Å²) in [5, 5.41) is 4.58. The third-order valence-electron chi connectivity index (χ3n) is 3.19. The van der Waals surface area contributed by atoms with Crippen LogP contribution in [0.1, 0.15) is 11.4 Å². The van der Waals surface area contributed by atoms with Gasteiger partial charge in [-0.1, -0.05) is 47.1 Å². The highest BCUT2D eigenvalue weighted by atomic mass is 35.5. The first-order valence-electron chi connectivity index (χ1n) is 6.64. The molecule has 1 heterocycles. The second-order valence-electron chi connectivity index (χ2n) is 4.73. The van der Waals surface area contributed by atoms with Gasteiger partial charge in [-0.05, 0) is 30.2 Å². The van der Waals surface area contributed by atoms with Crippen LogP contribution in [0.15, 0.2) is 53.1 Å². The third kappa shape index (κ3) is 3.23. The highest BCUT2D eigenvalue weighted by Gasteiger charge is 2.12. The molecule has 2 aromatic carbocycles. The van der Waals surface area contributed by atoms with E-state index in [2.05, 4.69) is 22.3 Å². The molecule has 0 spiro atoms. The maximum absolute atomic E-state index is 5.97. The molecule has 0 saturated heterocycles. The number of nitrogen functional groups attached to an aromatic ring is 1. The summed E-state index contributed by atoms with van der Waals surface area (Å²) >= 11 is 5.97. The van der Waals surface area contributed by atoms with E-state index in [1.807, 2.05) is 18.2 Å². The van der Waals surface area contributed by atoms with Gasteiger partial charge in [-0.25, -0.2) is 0 Å². The fourth-order valence-corrected chi connectivity index (χ4v) is 2.25. The molecule has 0 aliphatic rings. The maximum Gasteiger partial charge on any atom is 0.260 e. The van der Waals surface area contributed by atoms with Crippen LogP contribution in [0, 0.1) is 0 Å². The topological polar surface area (TPSA) is 64.9 Å². The third-order valence-corrected chi connectivity index (χ3v) is 3.43. The van der Waals surface area contributed by atoms with Crippen molar-refractivity contribution in [2.24, 2.45) is 0 Å². The quantitative estimate of drug-likeness (QED) is 0.745. The maximum atomic E-state index is 5.97. The number of aromatic nitrogens is 2. The van der Waals surface area contributed by atoms with Crippen molar-refractivity contribution < 1.29 is 4.52 Å². The van der Waals surface area contributed by atoms with Crippen LogP contribution in [0.2, 0.25) is 5.02 Å². The molecule has 3 rings (SSSR count). The van der Waals surface area contributed by atoms with Crippen molar-refractivity contribution in [3.63, 3.8) is 0 Å². The fourth-order valence-electron chi connectivity index (χ4n) is 2.08. The zero-order valence-electron chi connectivity index (χ0n) is 11.3. The Bertz CT molecular complexity index is 740. The Morgan fingerprint density at radius 1 is 1.05 bits per heavy atom. The van der Waals surface area contributed by atoms with Gasteiger partial charge >= 0.3 is 0 Å². The van der Waals surface area contributed by atoms with Crippen LogP contribution in [0.25, 0.3) is 11.5 Å². The Morgan fingerprint density at radius 3 is 2.67 bits per heavy atom. The van der Waals surface area contributed by atoms with Crippen molar-refractivity contribution in [1.82, 2.24) is 10.1 Å². The highest BCUT2D eigenvalue weighted by Crippen LogP contribution is 2.27. The summed E-state index contributed by atoms with van der Waals surface area (Å²) < 4.78 is 5.28. The van der Waals surface area contributed by atoms with E-state index in [4.69, 9.17) is 21.9 Å². The highest BCUT2D eigenvalue weighted by molar-refractivity contribution is 6.31. The minimum atomic E-state index is 0.401. The van der Waals surface area contributed by atoms with Crippen LogP contribution >= 0.6 is 11.6 Å². The van der Waals surface area contributed by atoms with Gasteiger partial charge < -0.3 is 10.3 Å². The molecular weight excluding hydrogens is 286 g/mol. The molecule has 5 heteroatoms. The molecule has 4 nitrogen and oxygen atoms in total. The van der Waals surface area contributed by atoms with Crippen molar-refractivity contribution in [2.45, 2.75) is 12.8 Å². The summed E-state index contributed by atoms with van der Waals surface area (Å²) in [7, 11) is 0. The second kappa shape index (κ2) is 5.97. The van der Waals surface area contributed by atoms with Crippen LogP contribution in [0.4, 0.5) is 5.69 Å². The second-order valence-corrected chi connectivity index (χ2v) is 5.17. The number of hydrogen-bond acceptors (Lipinski definition) is 4. The predicted molar refractivity (Wildman–Crippen MR) is 83.0 cm³/mol. The molecule has 0 radical (unpaired) electrons. The zero-order valence-corrected chi connectivity index (χ0v) is 12.0. The van der Waals surface area contributed by atoms with E-state index >= 15 is 0 Å². The van der Waals surface area contributed by atoms with Gasteiger partial charge in [-0.3, -0.25) is 0 Å². The van der Waals surface area contributed by atoms with Crippen molar-refractivity contribution in [3.8, 4) is 11.5 Å². The van der Waals surface area contributed by atoms with E-state index in [1.165, 1.54) is 5.56 Å². The molecule has 0 fully saturated rings. The number of nitrogens with two attached hydrogens (primary N) is 1. The average molecular weight is 300 g/mol. The summed E-state index contributed by atoms with van der Waals surface area (Å²) in [6, 6.07) is 15.4. The summed E-state index contributed by atoms with van der Waals surface area (Å²) in [5.41, 5.74) is 8.39. The van der Waals surface area contributed by atoms with Gasteiger partial charge in [0.25, 0.3) is 5.89 Å². The minimum Gasteiger partial charge on any atom is -0.398 e. The first-order chi connectivity index (χ1) is 10.2. The number of hydrogen-bond donors (Lipinski definition) is 1. The van der Waals surface area contributed by atoms with Crippen LogP contribution in [-0.2, 0) is 12.8 Å². The largest absolute Gasteiger partial charge is 0.398 e. The van der Waals surface area contributed by atoms with Crippen LogP contribution in [0.3, 0.4) is 0 Å². The average Bonchev–Trinajstić information content (AvgIpc) is 2.97. The van der Waals surface area contributed by atoms with Gasteiger partial charge in [0.05, 0.1) is 5.56 Å². The van der Waals surface area contributed by atoms with Crippen LogP contribution < -0.4 is 5.73 Å². The fraction of sp³-hybridized carbons (Fsp3) is 0.125. The van der Waals surface area contributed by atoms with Gasteiger partial charge in [0.1, 0.15) is 0 Å².